The van der Waals surface area contributed by atoms with E-state index in [0.29, 0.717) is 11.7 Å². The summed E-state index contributed by atoms with van der Waals surface area (Å²) >= 11 is 1.39. The summed E-state index contributed by atoms with van der Waals surface area (Å²) in [5.74, 6) is 1.06. The summed E-state index contributed by atoms with van der Waals surface area (Å²) in [6.45, 7) is 5.40. The van der Waals surface area contributed by atoms with Gasteiger partial charge in [-0.15, -0.1) is 10.2 Å². The van der Waals surface area contributed by atoms with Crippen LogP contribution in [0.4, 0.5) is 0 Å². The standard InChI is InChI=1S/C22H23N5OS/c1-3-26-19(13-17-9-7-8-12-20(17)26)14-23-21(28)15-29-22-25-24-16(2)27(22)18-10-5-4-6-11-18/h4-13H,3,14-15H2,1-2H3,(H,23,28). The summed E-state index contributed by atoms with van der Waals surface area (Å²) in [7, 11) is 0. The Morgan fingerprint density at radius 1 is 1.07 bits per heavy atom. The molecule has 7 heteroatoms. The molecule has 0 radical (unpaired) electrons. The second-order valence-electron chi connectivity index (χ2n) is 6.70. The zero-order valence-electron chi connectivity index (χ0n) is 16.5. The van der Waals surface area contributed by atoms with Crippen LogP contribution in [0.2, 0.25) is 0 Å². The quantitative estimate of drug-likeness (QED) is 0.473. The van der Waals surface area contributed by atoms with Crippen LogP contribution in [-0.4, -0.2) is 31.0 Å². The fraction of sp³-hybridized carbons (Fsp3) is 0.227. The van der Waals surface area contributed by atoms with Gasteiger partial charge >= 0.3 is 0 Å². The molecule has 0 fully saturated rings. The van der Waals surface area contributed by atoms with Gasteiger partial charge in [-0.25, -0.2) is 0 Å². The zero-order valence-corrected chi connectivity index (χ0v) is 17.3. The molecule has 0 bridgehead atoms. The monoisotopic (exact) mass is 405 g/mol. The molecule has 6 nitrogen and oxygen atoms in total. The Kier molecular flexibility index (Phi) is 5.67. The summed E-state index contributed by atoms with van der Waals surface area (Å²) in [4.78, 5) is 12.5. The minimum Gasteiger partial charge on any atom is -0.350 e. The Balaban J connectivity index is 1.41. The summed E-state index contributed by atoms with van der Waals surface area (Å²) in [6, 6.07) is 20.4. The van der Waals surface area contributed by atoms with Crippen LogP contribution in [0.15, 0.2) is 65.8 Å². The van der Waals surface area contributed by atoms with E-state index in [4.69, 9.17) is 0 Å². The number of nitrogens with zero attached hydrogens (tertiary/aromatic N) is 4. The molecule has 29 heavy (non-hydrogen) atoms. The minimum absolute atomic E-state index is 0.0248. The number of rotatable bonds is 7. The Labute approximate surface area is 173 Å². The van der Waals surface area contributed by atoms with Crippen molar-refractivity contribution in [2.24, 2.45) is 0 Å². The Hall–Kier alpha value is -3.06. The van der Waals surface area contributed by atoms with Gasteiger partial charge in [0.05, 0.1) is 12.3 Å². The number of hydrogen-bond donors (Lipinski definition) is 1. The van der Waals surface area contributed by atoms with E-state index in [9.17, 15) is 4.79 Å². The molecule has 0 atom stereocenters. The van der Waals surface area contributed by atoms with Crippen molar-refractivity contribution in [3.05, 3.63) is 72.2 Å². The smallest absolute Gasteiger partial charge is 0.230 e. The summed E-state index contributed by atoms with van der Waals surface area (Å²) in [5, 5.41) is 13.3. The van der Waals surface area contributed by atoms with E-state index in [1.54, 1.807) is 0 Å². The van der Waals surface area contributed by atoms with Crippen LogP contribution >= 0.6 is 11.8 Å². The van der Waals surface area contributed by atoms with Crippen molar-refractivity contribution >= 4 is 28.6 Å². The van der Waals surface area contributed by atoms with Crippen molar-refractivity contribution in [2.75, 3.05) is 5.75 Å². The lowest BCUT2D eigenvalue weighted by Crippen LogP contribution is -2.26. The van der Waals surface area contributed by atoms with E-state index in [2.05, 4.69) is 45.2 Å². The van der Waals surface area contributed by atoms with E-state index in [0.717, 1.165) is 23.8 Å². The van der Waals surface area contributed by atoms with E-state index < -0.39 is 0 Å². The summed E-state index contributed by atoms with van der Waals surface area (Å²) in [5.41, 5.74) is 3.29. The third kappa shape index (κ3) is 4.05. The highest BCUT2D eigenvalue weighted by Crippen LogP contribution is 2.22. The predicted octanol–water partition coefficient (Wildman–Crippen LogP) is 3.96. The van der Waals surface area contributed by atoms with Gasteiger partial charge in [-0.3, -0.25) is 9.36 Å². The largest absolute Gasteiger partial charge is 0.350 e. The van der Waals surface area contributed by atoms with E-state index in [-0.39, 0.29) is 11.7 Å². The SMILES string of the molecule is CCn1c(CNC(=O)CSc2nnc(C)n2-c2ccccc2)cc2ccccc21. The average molecular weight is 406 g/mol. The highest BCUT2D eigenvalue weighted by atomic mass is 32.2. The molecule has 4 rings (SSSR count). The van der Waals surface area contributed by atoms with Crippen molar-refractivity contribution in [1.29, 1.82) is 0 Å². The normalized spacial score (nSPS) is 11.1. The van der Waals surface area contributed by atoms with Gasteiger partial charge in [0.1, 0.15) is 5.82 Å². The number of thioether (sulfide) groups is 1. The Morgan fingerprint density at radius 2 is 1.83 bits per heavy atom. The fourth-order valence-corrected chi connectivity index (χ4v) is 4.30. The number of para-hydroxylation sites is 2. The number of amides is 1. The van der Waals surface area contributed by atoms with Gasteiger partial charge in [-0.05, 0) is 43.5 Å². The second-order valence-corrected chi connectivity index (χ2v) is 7.65. The van der Waals surface area contributed by atoms with Crippen LogP contribution in [0.3, 0.4) is 0 Å². The van der Waals surface area contributed by atoms with Crippen molar-refractivity contribution < 1.29 is 4.79 Å². The second kappa shape index (κ2) is 8.53. The Morgan fingerprint density at radius 3 is 2.62 bits per heavy atom. The van der Waals surface area contributed by atoms with Crippen molar-refractivity contribution in [2.45, 2.75) is 32.1 Å². The van der Waals surface area contributed by atoms with E-state index >= 15 is 0 Å². The van der Waals surface area contributed by atoms with Crippen LogP contribution in [0.25, 0.3) is 16.6 Å². The van der Waals surface area contributed by atoms with Crippen LogP contribution in [0.5, 0.6) is 0 Å². The van der Waals surface area contributed by atoms with Gasteiger partial charge in [-0.2, -0.15) is 0 Å². The first-order chi connectivity index (χ1) is 14.2. The van der Waals surface area contributed by atoms with Gasteiger partial charge in [0.2, 0.25) is 5.91 Å². The molecule has 0 saturated heterocycles. The molecule has 148 valence electrons. The molecule has 2 heterocycles. The van der Waals surface area contributed by atoms with Crippen molar-refractivity contribution in [3.63, 3.8) is 0 Å². The van der Waals surface area contributed by atoms with Crippen LogP contribution in [-0.2, 0) is 17.9 Å². The first-order valence-electron chi connectivity index (χ1n) is 9.61. The van der Waals surface area contributed by atoms with E-state index in [1.165, 1.54) is 22.7 Å². The number of fused-ring (bicyclic) bond motifs is 1. The van der Waals surface area contributed by atoms with Gasteiger partial charge in [0, 0.05) is 23.4 Å². The van der Waals surface area contributed by atoms with Gasteiger partial charge in [-0.1, -0.05) is 48.2 Å². The maximum atomic E-state index is 12.5. The highest BCUT2D eigenvalue weighted by Gasteiger charge is 2.14. The maximum absolute atomic E-state index is 12.5. The number of aryl methyl sites for hydroxylation is 2. The average Bonchev–Trinajstić information content (AvgIpc) is 3.30. The number of hydrogen-bond acceptors (Lipinski definition) is 4. The summed E-state index contributed by atoms with van der Waals surface area (Å²) in [6.07, 6.45) is 0. The lowest BCUT2D eigenvalue weighted by molar-refractivity contribution is -0.118. The molecule has 1 N–H and O–H groups in total. The molecular weight excluding hydrogens is 382 g/mol. The first kappa shape index (κ1) is 19.3. The molecule has 2 aromatic carbocycles. The molecular formula is C22H23N5OS. The van der Waals surface area contributed by atoms with Crippen LogP contribution < -0.4 is 5.32 Å². The highest BCUT2D eigenvalue weighted by molar-refractivity contribution is 7.99. The molecule has 0 aliphatic rings. The molecule has 0 saturated carbocycles. The third-order valence-electron chi connectivity index (χ3n) is 4.82. The van der Waals surface area contributed by atoms with Crippen molar-refractivity contribution in [1.82, 2.24) is 24.6 Å². The number of carbonyl (C=O) groups excluding carboxylic acids is 1. The molecule has 4 aromatic rings. The summed E-state index contributed by atoms with van der Waals surface area (Å²) < 4.78 is 4.20. The zero-order chi connectivity index (χ0) is 20.2. The molecule has 1 amide bonds. The lowest BCUT2D eigenvalue weighted by atomic mass is 10.2. The number of carbonyl (C=O) groups is 1. The molecule has 0 unspecified atom stereocenters. The fourth-order valence-electron chi connectivity index (χ4n) is 3.47. The van der Waals surface area contributed by atoms with Crippen molar-refractivity contribution in [3.8, 4) is 5.69 Å². The lowest BCUT2D eigenvalue weighted by Gasteiger charge is -2.10. The van der Waals surface area contributed by atoms with E-state index in [1.807, 2.05) is 54.0 Å². The Bertz CT molecular complexity index is 1130. The predicted molar refractivity (Wildman–Crippen MR) is 116 cm³/mol. The minimum atomic E-state index is -0.0248. The van der Waals surface area contributed by atoms with Gasteiger partial charge in [0.25, 0.3) is 0 Å². The third-order valence-corrected chi connectivity index (χ3v) is 5.75. The molecule has 2 aromatic heterocycles. The number of nitrogens with one attached hydrogen (secondary N) is 1. The van der Waals surface area contributed by atoms with Crippen LogP contribution in [0.1, 0.15) is 18.4 Å². The van der Waals surface area contributed by atoms with Crippen LogP contribution in [0, 0.1) is 6.92 Å². The molecule has 0 aliphatic heterocycles. The molecule has 0 spiro atoms. The van der Waals surface area contributed by atoms with Gasteiger partial charge < -0.3 is 9.88 Å². The van der Waals surface area contributed by atoms with Gasteiger partial charge in [0.15, 0.2) is 5.16 Å². The first-order valence-corrected chi connectivity index (χ1v) is 10.6. The molecule has 0 aliphatic carbocycles. The number of aromatic nitrogens is 4. The number of benzene rings is 2. The maximum Gasteiger partial charge on any atom is 0.230 e. The topological polar surface area (TPSA) is 64.7 Å².